The van der Waals surface area contributed by atoms with Crippen LogP contribution in [0.3, 0.4) is 0 Å². The van der Waals surface area contributed by atoms with Crippen molar-refractivity contribution in [2.45, 2.75) is 26.2 Å². The predicted octanol–water partition coefficient (Wildman–Crippen LogP) is 2.17. The number of hydrogen-bond acceptors (Lipinski definition) is 4. The quantitative estimate of drug-likeness (QED) is 0.549. The zero-order valence-corrected chi connectivity index (χ0v) is 11.8. The summed E-state index contributed by atoms with van der Waals surface area (Å²) in [6, 6.07) is 8.07. The molecule has 0 atom stereocenters. The Balaban J connectivity index is 2.05. The molecule has 0 saturated heterocycles. The van der Waals surface area contributed by atoms with Gasteiger partial charge in [-0.3, -0.25) is 4.79 Å². The average molecular weight is 265 g/mol. The second-order valence-electron chi connectivity index (χ2n) is 4.26. The monoisotopic (exact) mass is 265 g/mol. The first-order valence-corrected chi connectivity index (χ1v) is 6.75. The van der Waals surface area contributed by atoms with Crippen molar-refractivity contribution in [1.29, 1.82) is 0 Å². The molecule has 0 fully saturated rings. The molecule has 0 radical (unpaired) electrons. The van der Waals surface area contributed by atoms with Crippen LogP contribution in [0.15, 0.2) is 24.3 Å². The summed E-state index contributed by atoms with van der Waals surface area (Å²) in [6.07, 6.45) is 2.29. The second kappa shape index (κ2) is 9.39. The zero-order valence-electron chi connectivity index (χ0n) is 11.8. The summed E-state index contributed by atoms with van der Waals surface area (Å²) >= 11 is 0. The number of methoxy groups -OCH3 is 1. The molecule has 0 aliphatic carbocycles. The second-order valence-corrected chi connectivity index (χ2v) is 4.26. The van der Waals surface area contributed by atoms with Gasteiger partial charge in [0.25, 0.3) is 0 Å². The molecule has 0 bridgehead atoms. The van der Waals surface area contributed by atoms with Crippen LogP contribution in [0.4, 0.5) is 0 Å². The van der Waals surface area contributed by atoms with Crippen LogP contribution >= 0.6 is 0 Å². The van der Waals surface area contributed by atoms with E-state index in [9.17, 15) is 4.79 Å². The zero-order chi connectivity index (χ0) is 13.9. The van der Waals surface area contributed by atoms with E-state index in [1.165, 1.54) is 5.56 Å². The van der Waals surface area contributed by atoms with Crippen molar-refractivity contribution >= 4 is 5.97 Å². The van der Waals surface area contributed by atoms with Crippen molar-refractivity contribution in [1.82, 2.24) is 5.32 Å². The van der Waals surface area contributed by atoms with Crippen LogP contribution in [0.25, 0.3) is 0 Å². The molecule has 4 heteroatoms. The van der Waals surface area contributed by atoms with Gasteiger partial charge >= 0.3 is 5.97 Å². The fourth-order valence-electron chi connectivity index (χ4n) is 1.74. The van der Waals surface area contributed by atoms with Crippen LogP contribution in [0.1, 0.15) is 25.3 Å². The maximum Gasteiger partial charge on any atom is 0.305 e. The molecule has 19 heavy (non-hydrogen) atoms. The van der Waals surface area contributed by atoms with E-state index >= 15 is 0 Å². The molecule has 1 rings (SSSR count). The van der Waals surface area contributed by atoms with E-state index in [4.69, 9.17) is 9.47 Å². The molecule has 0 saturated carbocycles. The van der Waals surface area contributed by atoms with E-state index in [1.54, 1.807) is 7.11 Å². The molecule has 0 aliphatic rings. The minimum Gasteiger partial charge on any atom is -0.497 e. The van der Waals surface area contributed by atoms with Gasteiger partial charge in [0.1, 0.15) is 5.75 Å². The van der Waals surface area contributed by atoms with E-state index < -0.39 is 0 Å². The van der Waals surface area contributed by atoms with Crippen molar-refractivity contribution < 1.29 is 14.3 Å². The van der Waals surface area contributed by atoms with E-state index in [-0.39, 0.29) is 5.97 Å². The van der Waals surface area contributed by atoms with E-state index in [2.05, 4.69) is 17.4 Å². The minimum absolute atomic E-state index is 0.112. The standard InChI is InChI=1S/C15H23NO3/c1-3-19-15(17)5-4-11-16-12-10-13-6-8-14(18-2)9-7-13/h6-9,16H,3-5,10-12H2,1-2H3. The topological polar surface area (TPSA) is 47.6 Å². The third-order valence-electron chi connectivity index (χ3n) is 2.79. The largest absolute Gasteiger partial charge is 0.497 e. The lowest BCUT2D eigenvalue weighted by Crippen LogP contribution is -2.19. The number of esters is 1. The minimum atomic E-state index is -0.112. The summed E-state index contributed by atoms with van der Waals surface area (Å²) in [5.74, 6) is 0.769. The Hall–Kier alpha value is -1.55. The van der Waals surface area contributed by atoms with E-state index in [0.717, 1.165) is 31.7 Å². The third kappa shape index (κ3) is 6.82. The average Bonchev–Trinajstić information content (AvgIpc) is 2.43. The lowest BCUT2D eigenvalue weighted by molar-refractivity contribution is -0.143. The first-order chi connectivity index (χ1) is 9.26. The van der Waals surface area contributed by atoms with Crippen molar-refractivity contribution in [2.75, 3.05) is 26.8 Å². The summed E-state index contributed by atoms with van der Waals surface area (Å²) in [4.78, 5) is 11.1. The van der Waals surface area contributed by atoms with Gasteiger partial charge in [0, 0.05) is 6.42 Å². The number of carbonyl (C=O) groups is 1. The van der Waals surface area contributed by atoms with Crippen molar-refractivity contribution in [3.63, 3.8) is 0 Å². The van der Waals surface area contributed by atoms with Gasteiger partial charge in [-0.2, -0.15) is 0 Å². The number of ether oxygens (including phenoxy) is 2. The molecule has 0 spiro atoms. The Morgan fingerprint density at radius 1 is 1.21 bits per heavy atom. The molecule has 0 unspecified atom stereocenters. The first-order valence-electron chi connectivity index (χ1n) is 6.75. The summed E-state index contributed by atoms with van der Waals surface area (Å²) in [6.45, 7) is 4.04. The Morgan fingerprint density at radius 3 is 2.58 bits per heavy atom. The van der Waals surface area contributed by atoms with Crippen molar-refractivity contribution in [3.8, 4) is 5.75 Å². The molecule has 0 heterocycles. The first kappa shape index (κ1) is 15.5. The van der Waals surface area contributed by atoms with Gasteiger partial charge in [0.15, 0.2) is 0 Å². The fraction of sp³-hybridized carbons (Fsp3) is 0.533. The van der Waals surface area contributed by atoms with Gasteiger partial charge in [0.2, 0.25) is 0 Å². The van der Waals surface area contributed by atoms with Crippen molar-refractivity contribution in [3.05, 3.63) is 29.8 Å². The third-order valence-corrected chi connectivity index (χ3v) is 2.79. The van der Waals surface area contributed by atoms with Crippen LogP contribution in [0, 0.1) is 0 Å². The number of carbonyl (C=O) groups excluding carboxylic acids is 1. The molecular weight excluding hydrogens is 242 g/mol. The van der Waals surface area contributed by atoms with E-state index in [0.29, 0.717) is 13.0 Å². The summed E-state index contributed by atoms with van der Waals surface area (Å²) < 4.78 is 9.97. The van der Waals surface area contributed by atoms with Gasteiger partial charge < -0.3 is 14.8 Å². The van der Waals surface area contributed by atoms with Crippen LogP contribution < -0.4 is 10.1 Å². The highest BCUT2D eigenvalue weighted by molar-refractivity contribution is 5.69. The highest BCUT2D eigenvalue weighted by atomic mass is 16.5. The van der Waals surface area contributed by atoms with Crippen molar-refractivity contribution in [2.24, 2.45) is 0 Å². The fourth-order valence-corrected chi connectivity index (χ4v) is 1.74. The number of hydrogen-bond donors (Lipinski definition) is 1. The lowest BCUT2D eigenvalue weighted by Gasteiger charge is -2.06. The normalized spacial score (nSPS) is 10.2. The van der Waals surface area contributed by atoms with Gasteiger partial charge in [-0.25, -0.2) is 0 Å². The molecule has 1 aromatic rings. The Kier molecular flexibility index (Phi) is 7.66. The van der Waals surface area contributed by atoms with Crippen LogP contribution in [-0.2, 0) is 16.0 Å². The van der Waals surface area contributed by atoms with Gasteiger partial charge in [0.05, 0.1) is 13.7 Å². The lowest BCUT2D eigenvalue weighted by atomic mass is 10.1. The highest BCUT2D eigenvalue weighted by Gasteiger charge is 2.00. The summed E-state index contributed by atoms with van der Waals surface area (Å²) in [5.41, 5.74) is 1.28. The SMILES string of the molecule is CCOC(=O)CCCNCCc1ccc(OC)cc1. The number of nitrogens with one attached hydrogen (secondary N) is 1. The van der Waals surface area contributed by atoms with Crippen LogP contribution in [-0.4, -0.2) is 32.8 Å². The van der Waals surface area contributed by atoms with Crippen LogP contribution in [0.5, 0.6) is 5.75 Å². The molecule has 4 nitrogen and oxygen atoms in total. The van der Waals surface area contributed by atoms with Gasteiger partial charge in [-0.15, -0.1) is 0 Å². The predicted molar refractivity (Wildman–Crippen MR) is 75.4 cm³/mol. The van der Waals surface area contributed by atoms with Gasteiger partial charge in [-0.1, -0.05) is 12.1 Å². The molecule has 1 aromatic carbocycles. The molecule has 1 N–H and O–H groups in total. The Labute approximate surface area is 115 Å². The van der Waals surface area contributed by atoms with Gasteiger partial charge in [-0.05, 0) is 50.6 Å². The maximum absolute atomic E-state index is 11.1. The Morgan fingerprint density at radius 2 is 1.95 bits per heavy atom. The molecule has 0 aliphatic heterocycles. The molecular formula is C15H23NO3. The van der Waals surface area contributed by atoms with Crippen LogP contribution in [0.2, 0.25) is 0 Å². The Bertz CT molecular complexity index is 362. The maximum atomic E-state index is 11.1. The summed E-state index contributed by atoms with van der Waals surface area (Å²) in [7, 11) is 1.67. The number of rotatable bonds is 9. The van der Waals surface area contributed by atoms with E-state index in [1.807, 2.05) is 19.1 Å². The molecule has 0 aromatic heterocycles. The molecule has 0 amide bonds. The smallest absolute Gasteiger partial charge is 0.305 e. The highest BCUT2D eigenvalue weighted by Crippen LogP contribution is 2.11. The number of benzene rings is 1. The molecule has 106 valence electrons. The summed E-state index contributed by atoms with van der Waals surface area (Å²) in [5, 5.41) is 3.32.